The third-order valence-electron chi connectivity index (χ3n) is 4.24. The lowest BCUT2D eigenvalue weighted by atomic mass is 10.0. The zero-order valence-electron chi connectivity index (χ0n) is 15.5. The molecule has 1 saturated heterocycles. The van der Waals surface area contributed by atoms with Crippen molar-refractivity contribution in [2.45, 2.75) is 39.4 Å². The van der Waals surface area contributed by atoms with Gasteiger partial charge in [0.2, 0.25) is 0 Å². The molecule has 1 aliphatic rings. The smallest absolute Gasteiger partial charge is 0.319 e. The lowest BCUT2D eigenvalue weighted by Gasteiger charge is -2.41. The SMILES string of the molecule is CCNC(=NCc1nccn1C(F)F)NCC(C)(C)N1CCOCC1.I. The molecule has 0 bridgehead atoms. The van der Waals surface area contributed by atoms with E-state index in [0.717, 1.165) is 30.9 Å². The zero-order chi connectivity index (χ0) is 18.3. The monoisotopic (exact) mass is 486 g/mol. The third kappa shape index (κ3) is 6.62. The standard InChI is InChI=1S/C16H28F2N6O.HI/c1-4-19-15(21-11-13-20-5-6-24(13)14(17)18)22-12-16(2,3)23-7-9-25-10-8-23;/h5-6,14H,4,7-12H2,1-3H3,(H2,19,21,22);1H. The first-order valence-electron chi connectivity index (χ1n) is 8.59. The maximum Gasteiger partial charge on any atom is 0.319 e. The van der Waals surface area contributed by atoms with Crippen LogP contribution in [0.25, 0.3) is 0 Å². The molecule has 150 valence electrons. The summed E-state index contributed by atoms with van der Waals surface area (Å²) in [5.74, 6) is 0.826. The van der Waals surface area contributed by atoms with Gasteiger partial charge in [0.05, 0.1) is 13.2 Å². The van der Waals surface area contributed by atoms with Gasteiger partial charge in [-0.15, -0.1) is 24.0 Å². The predicted octanol–water partition coefficient (Wildman–Crippen LogP) is 2.06. The molecule has 0 atom stereocenters. The Hall–Kier alpha value is -1.01. The highest BCUT2D eigenvalue weighted by Gasteiger charge is 2.28. The average molecular weight is 486 g/mol. The van der Waals surface area contributed by atoms with E-state index in [4.69, 9.17) is 4.74 Å². The van der Waals surface area contributed by atoms with E-state index in [1.807, 2.05) is 6.92 Å². The molecule has 7 nitrogen and oxygen atoms in total. The van der Waals surface area contributed by atoms with Gasteiger partial charge in [-0.2, -0.15) is 8.78 Å². The first kappa shape index (κ1) is 23.0. The second-order valence-corrected chi connectivity index (χ2v) is 6.49. The minimum atomic E-state index is -2.61. The molecule has 2 heterocycles. The molecule has 0 aromatic carbocycles. The summed E-state index contributed by atoms with van der Waals surface area (Å²) in [6.07, 6.45) is 2.62. The van der Waals surface area contributed by atoms with Crippen molar-refractivity contribution in [1.29, 1.82) is 0 Å². The molecule has 10 heteroatoms. The van der Waals surface area contributed by atoms with Crippen LogP contribution in [0.2, 0.25) is 0 Å². The number of hydrogen-bond acceptors (Lipinski definition) is 4. The van der Waals surface area contributed by atoms with E-state index in [2.05, 4.69) is 39.4 Å². The largest absolute Gasteiger partial charge is 0.379 e. The number of nitrogens with one attached hydrogen (secondary N) is 2. The fourth-order valence-electron chi connectivity index (χ4n) is 2.72. The van der Waals surface area contributed by atoms with E-state index in [0.29, 0.717) is 19.0 Å². The summed E-state index contributed by atoms with van der Waals surface area (Å²) in [6.45, 7) is 8.43. The van der Waals surface area contributed by atoms with Crippen LogP contribution < -0.4 is 10.6 Å². The van der Waals surface area contributed by atoms with Crippen molar-refractivity contribution in [3.05, 3.63) is 18.2 Å². The average Bonchev–Trinajstić information content (AvgIpc) is 3.07. The molecule has 26 heavy (non-hydrogen) atoms. The van der Waals surface area contributed by atoms with Crippen LogP contribution in [0.4, 0.5) is 8.78 Å². The predicted molar refractivity (Wildman–Crippen MR) is 108 cm³/mol. The number of alkyl halides is 2. The highest BCUT2D eigenvalue weighted by atomic mass is 127. The highest BCUT2D eigenvalue weighted by Crippen LogP contribution is 2.15. The second-order valence-electron chi connectivity index (χ2n) is 6.49. The van der Waals surface area contributed by atoms with E-state index in [1.165, 1.54) is 12.4 Å². The van der Waals surface area contributed by atoms with E-state index < -0.39 is 6.55 Å². The molecular formula is C16H29F2IN6O. The minimum Gasteiger partial charge on any atom is -0.379 e. The molecule has 0 unspecified atom stereocenters. The molecule has 1 aliphatic heterocycles. The lowest BCUT2D eigenvalue weighted by molar-refractivity contribution is -0.00834. The van der Waals surface area contributed by atoms with Crippen LogP contribution in [0.1, 0.15) is 33.1 Å². The molecule has 0 spiro atoms. The fourth-order valence-corrected chi connectivity index (χ4v) is 2.72. The molecule has 1 aromatic heterocycles. The van der Waals surface area contributed by atoms with Crippen molar-refractivity contribution in [1.82, 2.24) is 25.1 Å². The Morgan fingerprint density at radius 3 is 2.65 bits per heavy atom. The number of halogens is 3. The topological polar surface area (TPSA) is 66.7 Å². The van der Waals surface area contributed by atoms with Crippen LogP contribution in [0, 0.1) is 0 Å². The van der Waals surface area contributed by atoms with Gasteiger partial charge in [0.15, 0.2) is 5.96 Å². The minimum absolute atomic E-state index is 0. The van der Waals surface area contributed by atoms with Gasteiger partial charge >= 0.3 is 6.55 Å². The Balaban J connectivity index is 0.00000338. The van der Waals surface area contributed by atoms with Gasteiger partial charge in [-0.3, -0.25) is 9.47 Å². The quantitative estimate of drug-likeness (QED) is 0.351. The summed E-state index contributed by atoms with van der Waals surface area (Å²) in [5.41, 5.74) is -0.0680. The Morgan fingerprint density at radius 2 is 2.04 bits per heavy atom. The molecule has 2 N–H and O–H groups in total. The summed E-state index contributed by atoms with van der Waals surface area (Å²) in [7, 11) is 0. The van der Waals surface area contributed by atoms with E-state index in [1.54, 1.807) is 0 Å². The van der Waals surface area contributed by atoms with Crippen LogP contribution in [-0.2, 0) is 11.3 Å². The highest BCUT2D eigenvalue weighted by molar-refractivity contribution is 14.0. The van der Waals surface area contributed by atoms with Crippen molar-refractivity contribution in [3.63, 3.8) is 0 Å². The Kier molecular flexibility index (Phi) is 9.72. The van der Waals surface area contributed by atoms with Crippen LogP contribution in [0.3, 0.4) is 0 Å². The number of hydrogen-bond donors (Lipinski definition) is 2. The van der Waals surface area contributed by atoms with Gasteiger partial charge in [0.25, 0.3) is 0 Å². The van der Waals surface area contributed by atoms with Crippen LogP contribution in [-0.4, -0.2) is 65.3 Å². The first-order valence-corrected chi connectivity index (χ1v) is 8.59. The summed E-state index contributed by atoms with van der Waals surface area (Å²) in [4.78, 5) is 10.7. The van der Waals surface area contributed by atoms with E-state index in [-0.39, 0.29) is 41.9 Å². The molecular weight excluding hydrogens is 457 g/mol. The van der Waals surface area contributed by atoms with Crippen molar-refractivity contribution in [2.24, 2.45) is 4.99 Å². The molecule has 0 saturated carbocycles. The van der Waals surface area contributed by atoms with Crippen molar-refractivity contribution < 1.29 is 13.5 Å². The Bertz CT molecular complexity index is 561. The van der Waals surface area contributed by atoms with Gasteiger partial charge in [-0.05, 0) is 20.8 Å². The Labute approximate surface area is 170 Å². The normalized spacial score (nSPS) is 16.5. The van der Waals surface area contributed by atoms with Crippen LogP contribution in [0.5, 0.6) is 0 Å². The first-order chi connectivity index (χ1) is 11.9. The molecule has 1 aromatic rings. The van der Waals surface area contributed by atoms with Gasteiger partial charge in [-0.25, -0.2) is 9.98 Å². The fraction of sp³-hybridized carbons (Fsp3) is 0.750. The zero-order valence-corrected chi connectivity index (χ0v) is 17.9. The molecule has 0 amide bonds. The number of nitrogens with zero attached hydrogens (tertiary/aromatic N) is 4. The van der Waals surface area contributed by atoms with Gasteiger partial charge < -0.3 is 15.4 Å². The van der Waals surface area contributed by atoms with Crippen molar-refractivity contribution >= 4 is 29.9 Å². The number of ether oxygens (including phenoxy) is 1. The van der Waals surface area contributed by atoms with Gasteiger partial charge in [0, 0.05) is 44.1 Å². The van der Waals surface area contributed by atoms with Crippen molar-refractivity contribution in [3.8, 4) is 0 Å². The number of guanidine groups is 1. The molecule has 1 fully saturated rings. The summed E-state index contributed by atoms with van der Waals surface area (Å²) in [5, 5.41) is 6.44. The van der Waals surface area contributed by atoms with Gasteiger partial charge in [-0.1, -0.05) is 0 Å². The van der Waals surface area contributed by atoms with E-state index in [9.17, 15) is 8.78 Å². The number of morpholine rings is 1. The second kappa shape index (κ2) is 11.0. The summed E-state index contributed by atoms with van der Waals surface area (Å²) in [6, 6.07) is 0. The molecule has 2 rings (SSSR count). The van der Waals surface area contributed by atoms with Crippen LogP contribution >= 0.6 is 24.0 Å². The Morgan fingerprint density at radius 1 is 1.35 bits per heavy atom. The third-order valence-corrected chi connectivity index (χ3v) is 4.24. The molecule has 0 aliphatic carbocycles. The van der Waals surface area contributed by atoms with E-state index >= 15 is 0 Å². The maximum absolute atomic E-state index is 12.9. The number of rotatable bonds is 7. The summed E-state index contributed by atoms with van der Waals surface area (Å²) >= 11 is 0. The number of aliphatic imine (C=N–C) groups is 1. The molecule has 0 radical (unpaired) electrons. The van der Waals surface area contributed by atoms with Crippen molar-refractivity contribution in [2.75, 3.05) is 39.4 Å². The number of aromatic nitrogens is 2. The van der Waals surface area contributed by atoms with Gasteiger partial charge in [0.1, 0.15) is 12.4 Å². The maximum atomic E-state index is 12.9. The lowest BCUT2D eigenvalue weighted by Crippen LogP contribution is -2.56. The van der Waals surface area contributed by atoms with Crippen LogP contribution in [0.15, 0.2) is 17.4 Å². The summed E-state index contributed by atoms with van der Waals surface area (Å²) < 4.78 is 32.0. The number of imidazole rings is 1.